The summed E-state index contributed by atoms with van der Waals surface area (Å²) in [6.45, 7) is 5.44. The summed E-state index contributed by atoms with van der Waals surface area (Å²) >= 11 is 0. The lowest BCUT2D eigenvalue weighted by Crippen LogP contribution is -2.27. The molecule has 0 aliphatic carbocycles. The average Bonchev–Trinajstić information content (AvgIpc) is 2.73. The maximum absolute atomic E-state index is 4.66. The van der Waals surface area contributed by atoms with E-state index in [0.717, 1.165) is 48.7 Å². The number of aryl methyl sites for hydroxylation is 1. The van der Waals surface area contributed by atoms with Crippen molar-refractivity contribution in [3.63, 3.8) is 0 Å². The van der Waals surface area contributed by atoms with Crippen molar-refractivity contribution in [3.8, 4) is 0 Å². The average molecular weight is 371 g/mol. The van der Waals surface area contributed by atoms with E-state index < -0.39 is 0 Å². The maximum Gasteiger partial charge on any atom is 0.148 e. The Morgan fingerprint density at radius 1 is 0.679 bits per heavy atom. The fourth-order valence-corrected chi connectivity index (χ4v) is 3.32. The van der Waals surface area contributed by atoms with Crippen LogP contribution in [0.1, 0.15) is 5.69 Å². The molecule has 0 radical (unpaired) electrons. The molecule has 5 heteroatoms. The topological polar surface area (TPSA) is 61.9 Å². The number of rotatable bonds is 8. The molecule has 0 bridgehead atoms. The monoisotopic (exact) mass is 371 g/mol. The number of para-hydroxylation sites is 2. The van der Waals surface area contributed by atoms with E-state index in [0.29, 0.717) is 0 Å². The van der Waals surface area contributed by atoms with E-state index in [9.17, 15) is 0 Å². The highest BCUT2D eigenvalue weighted by molar-refractivity contribution is 5.93. The van der Waals surface area contributed by atoms with E-state index in [1.807, 2.05) is 31.2 Å². The molecule has 0 saturated heterocycles. The zero-order chi connectivity index (χ0) is 19.2. The molecule has 0 spiro atoms. The first-order valence-corrected chi connectivity index (χ1v) is 9.71. The van der Waals surface area contributed by atoms with E-state index in [1.54, 1.807) is 0 Å². The van der Waals surface area contributed by atoms with Crippen molar-refractivity contribution in [2.45, 2.75) is 6.92 Å². The zero-order valence-corrected chi connectivity index (χ0v) is 16.1. The van der Waals surface area contributed by atoms with Gasteiger partial charge in [-0.05, 0) is 30.5 Å². The Balaban J connectivity index is 1.22. The van der Waals surface area contributed by atoms with Crippen LogP contribution >= 0.6 is 0 Å². The standard InChI is InChI=1S/C23H25N5/c1-17-23(28-22-11-5-4-10-21(22)27-17)26-16-14-24-13-15-25-20-12-6-8-18-7-2-3-9-19(18)20/h2-12,24-25H,13-16H2,1H3,(H,26,28). The van der Waals surface area contributed by atoms with Crippen LogP contribution in [-0.2, 0) is 0 Å². The first-order valence-electron chi connectivity index (χ1n) is 9.71. The first-order chi connectivity index (χ1) is 13.8. The highest BCUT2D eigenvalue weighted by Gasteiger charge is 2.04. The molecular formula is C23H25N5. The Labute approximate surface area is 165 Å². The Hall–Kier alpha value is -3.18. The maximum atomic E-state index is 4.66. The molecule has 0 aliphatic rings. The quantitative estimate of drug-likeness (QED) is 0.405. The molecular weight excluding hydrogens is 346 g/mol. The third-order valence-corrected chi connectivity index (χ3v) is 4.75. The Kier molecular flexibility index (Phi) is 5.64. The third-order valence-electron chi connectivity index (χ3n) is 4.75. The van der Waals surface area contributed by atoms with Gasteiger partial charge in [-0.2, -0.15) is 0 Å². The molecule has 1 aromatic heterocycles. The molecule has 4 aromatic rings. The van der Waals surface area contributed by atoms with Crippen molar-refractivity contribution in [1.82, 2.24) is 15.3 Å². The molecule has 5 nitrogen and oxygen atoms in total. The molecule has 1 heterocycles. The fourth-order valence-electron chi connectivity index (χ4n) is 3.32. The second-order valence-corrected chi connectivity index (χ2v) is 6.78. The van der Waals surface area contributed by atoms with Gasteiger partial charge in [0.2, 0.25) is 0 Å². The van der Waals surface area contributed by atoms with E-state index >= 15 is 0 Å². The molecule has 3 N–H and O–H groups in total. The predicted octanol–water partition coefficient (Wildman–Crippen LogP) is 4.21. The molecule has 4 rings (SSSR count). The van der Waals surface area contributed by atoms with Crippen LogP contribution in [-0.4, -0.2) is 36.1 Å². The molecule has 0 fully saturated rings. The molecule has 0 aliphatic heterocycles. The van der Waals surface area contributed by atoms with Gasteiger partial charge in [0.15, 0.2) is 0 Å². The molecule has 3 aromatic carbocycles. The predicted molar refractivity (Wildman–Crippen MR) is 118 cm³/mol. The van der Waals surface area contributed by atoms with Gasteiger partial charge in [0.1, 0.15) is 5.82 Å². The summed E-state index contributed by atoms with van der Waals surface area (Å²) in [6.07, 6.45) is 0. The lowest BCUT2D eigenvalue weighted by atomic mass is 10.1. The molecule has 0 atom stereocenters. The zero-order valence-electron chi connectivity index (χ0n) is 16.1. The van der Waals surface area contributed by atoms with Gasteiger partial charge in [-0.25, -0.2) is 9.97 Å². The largest absolute Gasteiger partial charge is 0.383 e. The molecule has 0 unspecified atom stereocenters. The highest BCUT2D eigenvalue weighted by atomic mass is 15.0. The minimum absolute atomic E-state index is 0.808. The van der Waals surface area contributed by atoms with Gasteiger partial charge in [-0.15, -0.1) is 0 Å². The molecule has 28 heavy (non-hydrogen) atoms. The van der Waals surface area contributed by atoms with Crippen LogP contribution < -0.4 is 16.0 Å². The van der Waals surface area contributed by atoms with E-state index in [1.165, 1.54) is 16.5 Å². The summed E-state index contributed by atoms with van der Waals surface area (Å²) in [4.78, 5) is 9.27. The summed E-state index contributed by atoms with van der Waals surface area (Å²) in [5.41, 5.74) is 3.96. The minimum atomic E-state index is 0.808. The number of benzene rings is 3. The van der Waals surface area contributed by atoms with Crippen molar-refractivity contribution < 1.29 is 0 Å². The normalized spacial score (nSPS) is 11.0. The number of aromatic nitrogens is 2. The number of fused-ring (bicyclic) bond motifs is 2. The van der Waals surface area contributed by atoms with Gasteiger partial charge in [0, 0.05) is 37.3 Å². The third kappa shape index (κ3) is 4.21. The Morgan fingerprint density at radius 3 is 2.21 bits per heavy atom. The second kappa shape index (κ2) is 8.67. The number of nitrogens with one attached hydrogen (secondary N) is 3. The summed E-state index contributed by atoms with van der Waals surface area (Å²) in [7, 11) is 0. The van der Waals surface area contributed by atoms with Crippen molar-refractivity contribution in [2.75, 3.05) is 36.8 Å². The van der Waals surface area contributed by atoms with Gasteiger partial charge in [0.05, 0.1) is 16.7 Å². The van der Waals surface area contributed by atoms with Crippen LogP contribution in [0.15, 0.2) is 66.7 Å². The number of hydrogen-bond donors (Lipinski definition) is 3. The van der Waals surface area contributed by atoms with Gasteiger partial charge in [-0.1, -0.05) is 48.5 Å². The van der Waals surface area contributed by atoms with E-state index in [2.05, 4.69) is 68.4 Å². The number of anilines is 2. The number of hydrogen-bond acceptors (Lipinski definition) is 5. The minimum Gasteiger partial charge on any atom is -0.383 e. The highest BCUT2D eigenvalue weighted by Crippen LogP contribution is 2.22. The van der Waals surface area contributed by atoms with E-state index in [-0.39, 0.29) is 0 Å². The Bertz CT molecular complexity index is 1070. The SMILES string of the molecule is Cc1nc2ccccc2nc1NCCNCCNc1cccc2ccccc12. The van der Waals surface area contributed by atoms with Crippen LogP contribution in [0.2, 0.25) is 0 Å². The second-order valence-electron chi connectivity index (χ2n) is 6.78. The summed E-state index contributed by atoms with van der Waals surface area (Å²) < 4.78 is 0. The smallest absolute Gasteiger partial charge is 0.148 e. The van der Waals surface area contributed by atoms with Crippen molar-refractivity contribution in [3.05, 3.63) is 72.4 Å². The van der Waals surface area contributed by atoms with Gasteiger partial charge < -0.3 is 16.0 Å². The first kappa shape index (κ1) is 18.2. The van der Waals surface area contributed by atoms with Gasteiger partial charge in [0.25, 0.3) is 0 Å². The van der Waals surface area contributed by atoms with E-state index in [4.69, 9.17) is 0 Å². The summed E-state index contributed by atoms with van der Waals surface area (Å²) in [6, 6.07) is 22.8. The van der Waals surface area contributed by atoms with Crippen LogP contribution in [0.25, 0.3) is 21.8 Å². The summed E-state index contributed by atoms with van der Waals surface area (Å²) in [5, 5.41) is 12.9. The van der Waals surface area contributed by atoms with Crippen LogP contribution in [0, 0.1) is 6.92 Å². The van der Waals surface area contributed by atoms with Crippen LogP contribution in [0.5, 0.6) is 0 Å². The Morgan fingerprint density at radius 2 is 1.36 bits per heavy atom. The fraction of sp³-hybridized carbons (Fsp3) is 0.217. The summed E-state index contributed by atoms with van der Waals surface area (Å²) in [5.74, 6) is 0.856. The number of nitrogens with zero attached hydrogens (tertiary/aromatic N) is 2. The molecule has 0 saturated carbocycles. The van der Waals surface area contributed by atoms with Crippen LogP contribution in [0.3, 0.4) is 0 Å². The van der Waals surface area contributed by atoms with Gasteiger partial charge in [-0.3, -0.25) is 0 Å². The lowest BCUT2D eigenvalue weighted by molar-refractivity contribution is 0.718. The molecule has 0 amide bonds. The van der Waals surface area contributed by atoms with Gasteiger partial charge >= 0.3 is 0 Å². The van der Waals surface area contributed by atoms with Crippen molar-refractivity contribution in [1.29, 1.82) is 0 Å². The van der Waals surface area contributed by atoms with Crippen molar-refractivity contribution in [2.24, 2.45) is 0 Å². The molecule has 142 valence electrons. The van der Waals surface area contributed by atoms with Crippen molar-refractivity contribution >= 4 is 33.3 Å². The lowest BCUT2D eigenvalue weighted by Gasteiger charge is -2.12. The van der Waals surface area contributed by atoms with Crippen LogP contribution in [0.4, 0.5) is 11.5 Å².